The second-order valence-corrected chi connectivity index (χ2v) is 6.81. The molecule has 0 fully saturated rings. The highest BCUT2D eigenvalue weighted by molar-refractivity contribution is 7.89. The molecule has 2 rings (SSSR count). The van der Waals surface area contributed by atoms with Crippen LogP contribution in [0.2, 0.25) is 0 Å². The van der Waals surface area contributed by atoms with Gasteiger partial charge in [0.25, 0.3) is 0 Å². The molecule has 7 heteroatoms. The third kappa shape index (κ3) is 4.62. The zero-order valence-corrected chi connectivity index (χ0v) is 14.7. The molecule has 0 bridgehead atoms. The molecule has 2 aromatic rings. The summed E-state index contributed by atoms with van der Waals surface area (Å²) in [6.07, 6.45) is 0. The molecule has 0 heterocycles. The Bertz CT molecular complexity index is 772. The van der Waals surface area contributed by atoms with E-state index in [0.29, 0.717) is 11.5 Å². The molecule has 0 aliphatic rings. The van der Waals surface area contributed by atoms with Crippen LogP contribution in [-0.4, -0.2) is 35.8 Å². The first-order valence-corrected chi connectivity index (χ1v) is 8.86. The smallest absolute Gasteiger partial charge is 0.244 e. The first-order valence-electron chi connectivity index (χ1n) is 7.37. The molecule has 0 aliphatic heterocycles. The second-order valence-electron chi connectivity index (χ2n) is 5.08. The Morgan fingerprint density at radius 3 is 2.25 bits per heavy atom. The number of methoxy groups -OCH3 is 2. The average molecular weight is 351 g/mol. The molecular weight excluding hydrogens is 330 g/mol. The van der Waals surface area contributed by atoms with E-state index in [9.17, 15) is 8.42 Å². The molecule has 0 saturated heterocycles. The number of aryl methyl sites for hydroxylation is 1. The summed E-state index contributed by atoms with van der Waals surface area (Å²) in [5.41, 5.74) is 1.13. The van der Waals surface area contributed by atoms with Crippen molar-refractivity contribution in [2.75, 3.05) is 27.4 Å². The van der Waals surface area contributed by atoms with Crippen LogP contribution in [0.25, 0.3) is 0 Å². The number of ether oxygens (including phenoxy) is 3. The summed E-state index contributed by atoms with van der Waals surface area (Å²) in [6, 6.07) is 12.1. The van der Waals surface area contributed by atoms with Gasteiger partial charge in [-0.3, -0.25) is 0 Å². The van der Waals surface area contributed by atoms with Gasteiger partial charge in [0.15, 0.2) is 0 Å². The average Bonchev–Trinajstić information content (AvgIpc) is 2.59. The van der Waals surface area contributed by atoms with Gasteiger partial charge < -0.3 is 14.2 Å². The molecule has 1 N–H and O–H groups in total. The van der Waals surface area contributed by atoms with Crippen LogP contribution in [0.5, 0.6) is 17.2 Å². The van der Waals surface area contributed by atoms with Crippen molar-refractivity contribution < 1.29 is 22.6 Å². The SMILES string of the molecule is COc1ccc(S(=O)(=O)NCCOc2ccc(C)cc2)c(OC)c1. The van der Waals surface area contributed by atoms with Crippen molar-refractivity contribution in [2.24, 2.45) is 0 Å². The quantitative estimate of drug-likeness (QED) is 0.739. The number of sulfonamides is 1. The minimum Gasteiger partial charge on any atom is -0.497 e. The Hall–Kier alpha value is -2.25. The normalized spacial score (nSPS) is 11.1. The molecule has 24 heavy (non-hydrogen) atoms. The van der Waals surface area contributed by atoms with Crippen LogP contribution in [0.1, 0.15) is 5.56 Å². The fourth-order valence-corrected chi connectivity index (χ4v) is 3.22. The third-order valence-corrected chi connectivity index (χ3v) is 4.84. The second kappa shape index (κ2) is 8.03. The van der Waals surface area contributed by atoms with Crippen molar-refractivity contribution in [3.05, 3.63) is 48.0 Å². The van der Waals surface area contributed by atoms with E-state index in [0.717, 1.165) is 5.56 Å². The van der Waals surface area contributed by atoms with Crippen LogP contribution < -0.4 is 18.9 Å². The summed E-state index contributed by atoms with van der Waals surface area (Å²) >= 11 is 0. The van der Waals surface area contributed by atoms with E-state index >= 15 is 0 Å². The predicted octanol–water partition coefficient (Wildman–Crippen LogP) is 2.37. The molecule has 0 radical (unpaired) electrons. The fraction of sp³-hybridized carbons (Fsp3) is 0.294. The van der Waals surface area contributed by atoms with Crippen LogP contribution in [0.15, 0.2) is 47.4 Å². The Balaban J connectivity index is 1.97. The first kappa shape index (κ1) is 18.1. The van der Waals surface area contributed by atoms with E-state index in [-0.39, 0.29) is 23.8 Å². The summed E-state index contributed by atoms with van der Waals surface area (Å²) < 4.78 is 43.0. The summed E-state index contributed by atoms with van der Waals surface area (Å²) in [7, 11) is -0.785. The van der Waals surface area contributed by atoms with Crippen molar-refractivity contribution in [3.63, 3.8) is 0 Å². The molecule has 0 aromatic heterocycles. The molecule has 0 atom stereocenters. The highest BCUT2D eigenvalue weighted by Crippen LogP contribution is 2.28. The predicted molar refractivity (Wildman–Crippen MR) is 91.4 cm³/mol. The lowest BCUT2D eigenvalue weighted by molar-refractivity contribution is 0.322. The van der Waals surface area contributed by atoms with E-state index in [1.54, 1.807) is 6.07 Å². The minimum absolute atomic E-state index is 0.0566. The topological polar surface area (TPSA) is 73.9 Å². The van der Waals surface area contributed by atoms with E-state index in [2.05, 4.69) is 4.72 Å². The number of nitrogens with one attached hydrogen (secondary N) is 1. The van der Waals surface area contributed by atoms with Crippen molar-refractivity contribution in [2.45, 2.75) is 11.8 Å². The number of benzene rings is 2. The van der Waals surface area contributed by atoms with Crippen LogP contribution >= 0.6 is 0 Å². The lowest BCUT2D eigenvalue weighted by Gasteiger charge is -2.12. The molecule has 2 aromatic carbocycles. The highest BCUT2D eigenvalue weighted by atomic mass is 32.2. The highest BCUT2D eigenvalue weighted by Gasteiger charge is 2.19. The molecule has 0 aliphatic carbocycles. The zero-order valence-electron chi connectivity index (χ0n) is 13.9. The summed E-state index contributed by atoms with van der Waals surface area (Å²) in [5, 5.41) is 0. The first-order chi connectivity index (χ1) is 11.5. The molecule has 0 unspecified atom stereocenters. The zero-order chi connectivity index (χ0) is 17.6. The van der Waals surface area contributed by atoms with Crippen molar-refractivity contribution in [1.29, 1.82) is 0 Å². The van der Waals surface area contributed by atoms with Gasteiger partial charge in [0, 0.05) is 12.6 Å². The monoisotopic (exact) mass is 351 g/mol. The van der Waals surface area contributed by atoms with Gasteiger partial charge in [-0.25, -0.2) is 13.1 Å². The summed E-state index contributed by atoms with van der Waals surface area (Å²) in [6.45, 7) is 2.35. The van der Waals surface area contributed by atoms with Gasteiger partial charge >= 0.3 is 0 Å². The fourth-order valence-electron chi connectivity index (χ4n) is 2.05. The molecule has 130 valence electrons. The Kier molecular flexibility index (Phi) is 6.05. The number of hydrogen-bond donors (Lipinski definition) is 1. The lowest BCUT2D eigenvalue weighted by atomic mass is 10.2. The van der Waals surface area contributed by atoms with Gasteiger partial charge in [-0.2, -0.15) is 0 Å². The van der Waals surface area contributed by atoms with Crippen molar-refractivity contribution >= 4 is 10.0 Å². The maximum atomic E-state index is 12.4. The number of rotatable bonds is 8. The van der Waals surface area contributed by atoms with Crippen molar-refractivity contribution in [3.8, 4) is 17.2 Å². The van der Waals surface area contributed by atoms with Gasteiger partial charge in [0.05, 0.1) is 14.2 Å². The number of hydrogen-bond acceptors (Lipinski definition) is 5. The third-order valence-electron chi connectivity index (χ3n) is 3.34. The maximum absolute atomic E-state index is 12.4. The molecule has 0 spiro atoms. The van der Waals surface area contributed by atoms with E-state index in [4.69, 9.17) is 14.2 Å². The molecule has 0 amide bonds. The van der Waals surface area contributed by atoms with Crippen LogP contribution in [0, 0.1) is 6.92 Å². The summed E-state index contributed by atoms with van der Waals surface area (Å²) in [4.78, 5) is 0.0566. The Labute approximate surface area is 142 Å². The molecule has 6 nitrogen and oxygen atoms in total. The standard InChI is InChI=1S/C17H21NO5S/c1-13-4-6-14(7-5-13)23-11-10-18-24(19,20)17-9-8-15(21-2)12-16(17)22-3/h4-9,12,18H,10-11H2,1-3H3. The van der Waals surface area contributed by atoms with E-state index < -0.39 is 10.0 Å². The maximum Gasteiger partial charge on any atom is 0.244 e. The van der Waals surface area contributed by atoms with Crippen LogP contribution in [0.3, 0.4) is 0 Å². The Morgan fingerprint density at radius 2 is 1.62 bits per heavy atom. The molecule has 0 saturated carbocycles. The van der Waals surface area contributed by atoms with Gasteiger partial charge in [0.2, 0.25) is 10.0 Å². The van der Waals surface area contributed by atoms with Gasteiger partial charge in [0.1, 0.15) is 28.8 Å². The van der Waals surface area contributed by atoms with Gasteiger partial charge in [-0.15, -0.1) is 0 Å². The van der Waals surface area contributed by atoms with Crippen molar-refractivity contribution in [1.82, 2.24) is 4.72 Å². The van der Waals surface area contributed by atoms with E-state index in [1.165, 1.54) is 26.4 Å². The van der Waals surface area contributed by atoms with Gasteiger partial charge in [-0.1, -0.05) is 17.7 Å². The molecular formula is C17H21NO5S. The van der Waals surface area contributed by atoms with Crippen LogP contribution in [0.4, 0.5) is 0 Å². The lowest BCUT2D eigenvalue weighted by Crippen LogP contribution is -2.28. The Morgan fingerprint density at radius 1 is 0.958 bits per heavy atom. The minimum atomic E-state index is -3.70. The summed E-state index contributed by atoms with van der Waals surface area (Å²) in [5.74, 6) is 1.44. The van der Waals surface area contributed by atoms with Gasteiger partial charge in [-0.05, 0) is 31.2 Å². The largest absolute Gasteiger partial charge is 0.497 e. The van der Waals surface area contributed by atoms with Crippen LogP contribution in [-0.2, 0) is 10.0 Å². The van der Waals surface area contributed by atoms with E-state index in [1.807, 2.05) is 31.2 Å².